The summed E-state index contributed by atoms with van der Waals surface area (Å²) in [4.78, 5) is 8.39. The number of aromatic nitrogens is 5. The molecule has 4 rings (SSSR count). The molecule has 0 aliphatic rings. The third kappa shape index (κ3) is 4.37. The summed E-state index contributed by atoms with van der Waals surface area (Å²) in [7, 11) is 1.63. The number of aryl methyl sites for hydroxylation is 1. The fourth-order valence-corrected chi connectivity index (χ4v) is 3.18. The summed E-state index contributed by atoms with van der Waals surface area (Å²) >= 11 is 1.50. The zero-order valence-electron chi connectivity index (χ0n) is 15.1. The maximum absolute atomic E-state index is 5.70. The van der Waals surface area contributed by atoms with Crippen LogP contribution in [0.2, 0.25) is 0 Å². The molecule has 0 fully saturated rings. The van der Waals surface area contributed by atoms with Gasteiger partial charge in [0.2, 0.25) is 17.6 Å². The molecule has 0 aliphatic carbocycles. The summed E-state index contributed by atoms with van der Waals surface area (Å²) in [6.07, 6.45) is 4.94. The average molecular weight is 395 g/mol. The molecule has 0 amide bonds. The third-order valence-electron chi connectivity index (χ3n) is 3.91. The smallest absolute Gasteiger partial charge is 0.276 e. The Morgan fingerprint density at radius 2 is 1.82 bits per heavy atom. The molecule has 0 saturated heterocycles. The van der Waals surface area contributed by atoms with Crippen molar-refractivity contribution in [1.29, 1.82) is 0 Å². The zero-order valence-corrected chi connectivity index (χ0v) is 15.9. The van der Waals surface area contributed by atoms with Crippen molar-refractivity contribution >= 4 is 11.8 Å². The summed E-state index contributed by atoms with van der Waals surface area (Å²) in [5, 5.41) is 12.7. The highest BCUT2D eigenvalue weighted by molar-refractivity contribution is 7.99. The molecule has 0 aliphatic heterocycles. The van der Waals surface area contributed by atoms with Crippen molar-refractivity contribution in [2.75, 3.05) is 12.9 Å². The van der Waals surface area contributed by atoms with Crippen molar-refractivity contribution < 1.29 is 13.7 Å². The number of ether oxygens (including phenoxy) is 1. The summed E-state index contributed by atoms with van der Waals surface area (Å²) in [6.45, 7) is 0. The Hall–Kier alpha value is -3.20. The zero-order chi connectivity index (χ0) is 19.2. The van der Waals surface area contributed by atoms with Gasteiger partial charge >= 0.3 is 0 Å². The quantitative estimate of drug-likeness (QED) is 0.324. The second-order valence-corrected chi connectivity index (χ2v) is 6.85. The van der Waals surface area contributed by atoms with Crippen molar-refractivity contribution in [3.63, 3.8) is 0 Å². The van der Waals surface area contributed by atoms with Gasteiger partial charge in [-0.3, -0.25) is 4.98 Å². The molecule has 3 aromatic heterocycles. The summed E-state index contributed by atoms with van der Waals surface area (Å²) in [6, 6.07) is 11.2. The van der Waals surface area contributed by atoms with Crippen molar-refractivity contribution in [2.45, 2.75) is 18.1 Å². The minimum absolute atomic E-state index is 0.490. The van der Waals surface area contributed by atoms with E-state index in [1.165, 1.54) is 11.8 Å². The number of hydrogen-bond acceptors (Lipinski definition) is 9. The van der Waals surface area contributed by atoms with Gasteiger partial charge in [0, 0.05) is 35.7 Å². The number of nitrogens with zero attached hydrogens (tertiary/aromatic N) is 5. The predicted octanol–water partition coefficient (Wildman–Crippen LogP) is 3.92. The van der Waals surface area contributed by atoms with E-state index >= 15 is 0 Å². The van der Waals surface area contributed by atoms with Crippen molar-refractivity contribution in [1.82, 2.24) is 25.3 Å². The van der Waals surface area contributed by atoms with E-state index in [0.29, 0.717) is 29.2 Å². The molecule has 0 bridgehead atoms. The monoisotopic (exact) mass is 395 g/mol. The van der Waals surface area contributed by atoms with E-state index in [4.69, 9.17) is 13.7 Å². The van der Waals surface area contributed by atoms with Crippen LogP contribution in [0.4, 0.5) is 0 Å². The van der Waals surface area contributed by atoms with Gasteiger partial charge in [-0.05, 0) is 42.8 Å². The maximum atomic E-state index is 5.70. The molecule has 9 heteroatoms. The van der Waals surface area contributed by atoms with E-state index in [0.717, 1.165) is 29.1 Å². The Morgan fingerprint density at radius 1 is 1.00 bits per heavy atom. The first kappa shape index (κ1) is 18.2. The molecule has 8 nitrogen and oxygen atoms in total. The normalized spacial score (nSPS) is 10.9. The molecule has 3 heterocycles. The van der Waals surface area contributed by atoms with Crippen LogP contribution in [0.3, 0.4) is 0 Å². The van der Waals surface area contributed by atoms with Crippen molar-refractivity contribution in [2.24, 2.45) is 0 Å². The fraction of sp³-hybridized carbons (Fsp3) is 0.211. The second-order valence-electron chi connectivity index (χ2n) is 5.80. The Bertz CT molecular complexity index is 1020. The molecule has 142 valence electrons. The highest BCUT2D eigenvalue weighted by atomic mass is 32.2. The van der Waals surface area contributed by atoms with Gasteiger partial charge in [-0.15, -0.1) is 10.2 Å². The standard InChI is InChI=1S/C19H17N5O3S/c1-25-15-6-4-14(5-7-15)18-22-23-19(26-18)28-12-2-3-16-21-17(24-27-16)13-8-10-20-11-9-13/h4-11H,2-3,12H2,1H3. The van der Waals surface area contributed by atoms with Gasteiger partial charge in [0.15, 0.2) is 0 Å². The molecule has 0 N–H and O–H groups in total. The lowest BCUT2D eigenvalue weighted by Gasteiger charge is -1.99. The van der Waals surface area contributed by atoms with Gasteiger partial charge in [-0.1, -0.05) is 16.9 Å². The van der Waals surface area contributed by atoms with Crippen LogP contribution in [0.15, 0.2) is 63.0 Å². The molecule has 4 aromatic rings. The van der Waals surface area contributed by atoms with E-state index in [2.05, 4.69) is 25.3 Å². The van der Waals surface area contributed by atoms with Gasteiger partial charge in [0.05, 0.1) is 7.11 Å². The van der Waals surface area contributed by atoms with Gasteiger partial charge in [0.1, 0.15) is 5.75 Å². The van der Waals surface area contributed by atoms with Crippen LogP contribution in [0, 0.1) is 0 Å². The molecular formula is C19H17N5O3S. The summed E-state index contributed by atoms with van der Waals surface area (Å²) in [5.74, 6) is 3.26. The van der Waals surface area contributed by atoms with E-state index in [-0.39, 0.29) is 0 Å². The molecule has 28 heavy (non-hydrogen) atoms. The summed E-state index contributed by atoms with van der Waals surface area (Å²) < 4.78 is 16.1. The number of benzene rings is 1. The first-order valence-electron chi connectivity index (χ1n) is 8.65. The Kier molecular flexibility index (Phi) is 5.62. The SMILES string of the molecule is COc1ccc(-c2nnc(SCCCc3nc(-c4ccncc4)no3)o2)cc1. The maximum Gasteiger partial charge on any atom is 0.276 e. The molecular weight excluding hydrogens is 378 g/mol. The van der Waals surface area contributed by atoms with Crippen LogP contribution >= 0.6 is 11.8 Å². The predicted molar refractivity (Wildman–Crippen MR) is 103 cm³/mol. The minimum atomic E-state index is 0.490. The van der Waals surface area contributed by atoms with E-state index < -0.39 is 0 Å². The lowest BCUT2D eigenvalue weighted by atomic mass is 10.2. The Labute approximate surface area is 165 Å². The summed E-state index contributed by atoms with van der Waals surface area (Å²) in [5.41, 5.74) is 1.74. The highest BCUT2D eigenvalue weighted by Gasteiger charge is 2.11. The minimum Gasteiger partial charge on any atom is -0.497 e. The highest BCUT2D eigenvalue weighted by Crippen LogP contribution is 2.25. The second kappa shape index (κ2) is 8.66. The van der Waals surface area contributed by atoms with Gasteiger partial charge in [-0.2, -0.15) is 4.98 Å². The molecule has 0 atom stereocenters. The lowest BCUT2D eigenvalue weighted by Crippen LogP contribution is -1.89. The van der Waals surface area contributed by atoms with Crippen molar-refractivity contribution in [3.8, 4) is 28.6 Å². The fourth-order valence-electron chi connectivity index (χ4n) is 2.48. The van der Waals surface area contributed by atoms with Crippen LogP contribution in [0.1, 0.15) is 12.3 Å². The Morgan fingerprint density at radius 3 is 2.61 bits per heavy atom. The molecule has 0 unspecified atom stereocenters. The van der Waals surface area contributed by atoms with Crippen LogP contribution < -0.4 is 4.74 Å². The van der Waals surface area contributed by atoms with Gasteiger partial charge < -0.3 is 13.7 Å². The largest absolute Gasteiger partial charge is 0.497 e. The molecule has 1 aromatic carbocycles. The van der Waals surface area contributed by atoms with Gasteiger partial charge in [0.25, 0.3) is 5.22 Å². The molecule has 0 saturated carbocycles. The van der Waals surface area contributed by atoms with Crippen LogP contribution in [-0.4, -0.2) is 38.2 Å². The van der Waals surface area contributed by atoms with E-state index in [9.17, 15) is 0 Å². The Balaban J connectivity index is 1.27. The van der Waals surface area contributed by atoms with Crippen molar-refractivity contribution in [3.05, 3.63) is 54.7 Å². The number of rotatable bonds is 8. The van der Waals surface area contributed by atoms with Crippen LogP contribution in [-0.2, 0) is 6.42 Å². The molecule has 0 spiro atoms. The number of hydrogen-bond donors (Lipinski definition) is 0. The van der Waals surface area contributed by atoms with E-state index in [1.807, 2.05) is 36.4 Å². The number of thioether (sulfide) groups is 1. The van der Waals surface area contributed by atoms with Crippen LogP contribution in [0.25, 0.3) is 22.8 Å². The number of pyridine rings is 1. The van der Waals surface area contributed by atoms with E-state index in [1.54, 1.807) is 19.5 Å². The first-order chi connectivity index (χ1) is 13.8. The first-order valence-corrected chi connectivity index (χ1v) is 9.64. The number of methoxy groups -OCH3 is 1. The van der Waals surface area contributed by atoms with Crippen LogP contribution in [0.5, 0.6) is 5.75 Å². The third-order valence-corrected chi connectivity index (χ3v) is 4.82. The molecule has 0 radical (unpaired) electrons. The van der Waals surface area contributed by atoms with Gasteiger partial charge in [-0.25, -0.2) is 0 Å². The topological polar surface area (TPSA) is 100.0 Å². The average Bonchev–Trinajstić information content (AvgIpc) is 3.42. The lowest BCUT2D eigenvalue weighted by molar-refractivity contribution is 0.378.